The number of hydrogen-bond acceptors (Lipinski definition) is 15. The molecule has 1 unspecified atom stereocenters. The monoisotopic (exact) mass is 1130 g/mol. The largest absolute Gasteiger partial charge is 0.497 e. The fourth-order valence-corrected chi connectivity index (χ4v) is 17.3. The Balaban J connectivity index is 0.982. The first-order chi connectivity index (χ1) is 39.7. The number of nitriles is 1. The molecule has 1 N–H and O–H groups in total. The van der Waals surface area contributed by atoms with Crippen molar-refractivity contribution >= 4 is 50.0 Å². The predicted octanol–water partition coefficient (Wildman–Crippen LogP) is 9.44. The van der Waals surface area contributed by atoms with Crippen molar-refractivity contribution in [3.63, 3.8) is 0 Å². The van der Waals surface area contributed by atoms with Crippen LogP contribution in [0.3, 0.4) is 0 Å². The number of imidazole rings is 1. The molecule has 3 aliphatic heterocycles. The SMILES string of the molecule is COc1ccc(C(OC[C@H]2O[C@@H](n3cnc4c(OCCC#N)nc(NC(=O)COc5ccccc5)nc43)C(OC)[C@H]2O[P@@]2O[C@@H](C[Si](C)(c3ccccc3)c3ccccc3)[C@H]3CCCN32)(c2ccccc2)c2ccc(OC)cc2)cc1. The van der Waals surface area contributed by atoms with Crippen LogP contribution in [0, 0.1) is 11.3 Å². The van der Waals surface area contributed by atoms with Crippen molar-refractivity contribution in [1.82, 2.24) is 24.2 Å². The highest BCUT2D eigenvalue weighted by atomic mass is 31.2. The number of benzene rings is 6. The molecule has 0 radical (unpaired) electrons. The maximum absolute atomic E-state index is 13.4. The van der Waals surface area contributed by atoms with Gasteiger partial charge < -0.3 is 42.2 Å². The van der Waals surface area contributed by atoms with Gasteiger partial charge in [0.15, 0.2) is 24.0 Å². The Kier molecular flexibility index (Phi) is 17.1. The van der Waals surface area contributed by atoms with Crippen molar-refractivity contribution in [2.24, 2.45) is 0 Å². The molecule has 5 heterocycles. The first-order valence-electron chi connectivity index (χ1n) is 27.1. The standard InChI is InChI=1S/C62H64N7O10PSi/c1-71-46-32-28-44(29-33-46)62(43-19-9-5-10-20-43,45-30-34-47(72-2)35-31-45)76-39-52-56(79-80-69-37-17-27-51(69)53(78-80)41-81(4,49-23-13-7-14-24-49)50-25-15-8-16-26-50)57(73-3)60(77-52)68-42-64-55-58(68)66-61(67-59(55)74-38-18-36-63)65-54(70)40-75-48-21-11-6-12-22-48/h5-16,19-26,28-35,42,51-53,56-57,60H,17-18,27,37-41H2,1-4H3,(H,65,66,67,70)/t51-,52-,53+,56+,57?,60-,80-/m1/s1. The number of hydrogen-bond donors (Lipinski definition) is 1. The van der Waals surface area contributed by atoms with Gasteiger partial charge in [-0.15, -0.1) is 0 Å². The first-order valence-corrected chi connectivity index (χ1v) is 31.0. The van der Waals surface area contributed by atoms with Gasteiger partial charge in [-0.25, -0.2) is 9.65 Å². The molecule has 6 aromatic carbocycles. The van der Waals surface area contributed by atoms with Crippen molar-refractivity contribution in [2.75, 3.05) is 53.0 Å². The molecule has 1 amide bonds. The highest BCUT2D eigenvalue weighted by Gasteiger charge is 2.55. The third kappa shape index (κ3) is 11.5. The van der Waals surface area contributed by atoms with Gasteiger partial charge in [-0.3, -0.25) is 14.7 Å². The highest BCUT2D eigenvalue weighted by molar-refractivity contribution is 7.45. The number of aromatic nitrogens is 4. The number of carbonyl (C=O) groups is 1. The van der Waals surface area contributed by atoms with Gasteiger partial charge in [0.05, 0.1) is 45.7 Å². The number of rotatable bonds is 23. The molecule has 3 saturated heterocycles. The molecule has 2 aromatic heterocycles. The predicted molar refractivity (Wildman–Crippen MR) is 310 cm³/mol. The first kappa shape index (κ1) is 55.3. The van der Waals surface area contributed by atoms with Gasteiger partial charge in [-0.2, -0.15) is 15.2 Å². The van der Waals surface area contributed by atoms with Gasteiger partial charge in [0.25, 0.3) is 14.4 Å². The zero-order chi connectivity index (χ0) is 55.8. The highest BCUT2D eigenvalue weighted by Crippen LogP contribution is 2.59. The van der Waals surface area contributed by atoms with Crippen LogP contribution in [-0.4, -0.2) is 116 Å². The summed E-state index contributed by atoms with van der Waals surface area (Å²) in [5, 5.41) is 14.9. The Labute approximate surface area is 473 Å². The Morgan fingerprint density at radius 2 is 1.36 bits per heavy atom. The van der Waals surface area contributed by atoms with E-state index in [0.29, 0.717) is 17.2 Å². The van der Waals surface area contributed by atoms with Crippen molar-refractivity contribution in [1.29, 1.82) is 5.26 Å². The smallest absolute Gasteiger partial charge is 0.264 e. The van der Waals surface area contributed by atoms with Gasteiger partial charge in [-0.05, 0) is 72.0 Å². The van der Waals surface area contributed by atoms with E-state index in [4.69, 9.17) is 52.2 Å². The molecule has 19 heteroatoms. The van der Waals surface area contributed by atoms with Crippen molar-refractivity contribution in [3.05, 3.63) is 193 Å². The molecule has 0 saturated carbocycles. The van der Waals surface area contributed by atoms with E-state index in [1.807, 2.05) is 84.9 Å². The van der Waals surface area contributed by atoms with Crippen LogP contribution in [0.5, 0.6) is 23.1 Å². The summed E-state index contributed by atoms with van der Waals surface area (Å²) < 4.78 is 63.6. The molecular weight excluding hydrogens is 1060 g/mol. The molecule has 7 atom stereocenters. The average molecular weight is 1130 g/mol. The Hall–Kier alpha value is -7.56. The zero-order valence-corrected chi connectivity index (χ0v) is 47.5. The minimum Gasteiger partial charge on any atom is -0.497 e. The zero-order valence-electron chi connectivity index (χ0n) is 45.6. The molecule has 0 aliphatic carbocycles. The molecule has 0 bridgehead atoms. The molecule has 416 valence electrons. The van der Waals surface area contributed by atoms with Crippen molar-refractivity contribution < 1.29 is 47.0 Å². The summed E-state index contributed by atoms with van der Waals surface area (Å²) in [7, 11) is 0.885. The number of methoxy groups -OCH3 is 3. The number of nitrogens with zero attached hydrogens (tertiary/aromatic N) is 6. The second-order valence-electron chi connectivity index (χ2n) is 20.3. The summed E-state index contributed by atoms with van der Waals surface area (Å²) in [4.78, 5) is 27.6. The number of ether oxygens (including phenoxy) is 7. The molecule has 0 spiro atoms. The fraction of sp³-hybridized carbons (Fsp3) is 0.306. The van der Waals surface area contributed by atoms with E-state index < -0.39 is 52.6 Å². The van der Waals surface area contributed by atoms with E-state index in [0.717, 1.165) is 42.1 Å². The topological polar surface area (TPSA) is 183 Å². The maximum Gasteiger partial charge on any atom is 0.264 e. The minimum absolute atomic E-state index is 0.0101. The normalized spacial score (nSPS) is 20.9. The number of amides is 1. The Morgan fingerprint density at radius 1 is 0.753 bits per heavy atom. The van der Waals surface area contributed by atoms with Gasteiger partial charge in [0.1, 0.15) is 55.8 Å². The van der Waals surface area contributed by atoms with Crippen molar-refractivity contribution in [3.8, 4) is 29.2 Å². The molecule has 17 nitrogen and oxygen atoms in total. The van der Waals surface area contributed by atoms with E-state index in [2.05, 4.69) is 100 Å². The lowest BCUT2D eigenvalue weighted by molar-refractivity contribution is -0.118. The van der Waals surface area contributed by atoms with Crippen LogP contribution in [0.2, 0.25) is 12.6 Å². The van der Waals surface area contributed by atoms with Crippen LogP contribution in [0.25, 0.3) is 11.2 Å². The lowest BCUT2D eigenvalue weighted by Crippen LogP contribution is -2.58. The summed E-state index contributed by atoms with van der Waals surface area (Å²) in [6, 6.07) is 59.7. The van der Waals surface area contributed by atoms with Crippen LogP contribution in [0.1, 0.15) is 42.2 Å². The molecule has 3 fully saturated rings. The van der Waals surface area contributed by atoms with Crippen LogP contribution in [0.4, 0.5) is 5.95 Å². The summed E-state index contributed by atoms with van der Waals surface area (Å²) in [5.41, 5.74) is 1.90. The van der Waals surface area contributed by atoms with Crippen LogP contribution in [0.15, 0.2) is 176 Å². The number of anilines is 1. The fourth-order valence-electron chi connectivity index (χ4n) is 11.4. The number of nitrogens with one attached hydrogen (secondary N) is 1. The summed E-state index contributed by atoms with van der Waals surface area (Å²) in [6.45, 7) is 2.96. The third-order valence-corrected chi connectivity index (χ3v) is 21.7. The Morgan fingerprint density at radius 3 is 1.96 bits per heavy atom. The molecule has 3 aliphatic rings. The minimum atomic E-state index is -2.37. The van der Waals surface area contributed by atoms with E-state index in [1.54, 1.807) is 44.4 Å². The van der Waals surface area contributed by atoms with E-state index in [1.165, 1.54) is 10.4 Å². The lowest BCUT2D eigenvalue weighted by atomic mass is 9.80. The molecule has 8 aromatic rings. The molecule has 81 heavy (non-hydrogen) atoms. The number of para-hydroxylation sites is 1. The second-order valence-corrected chi connectivity index (χ2v) is 25.9. The summed E-state index contributed by atoms with van der Waals surface area (Å²) >= 11 is 0. The van der Waals surface area contributed by atoms with Gasteiger partial charge in [0.2, 0.25) is 11.8 Å². The van der Waals surface area contributed by atoms with Crippen LogP contribution in [-0.2, 0) is 33.7 Å². The van der Waals surface area contributed by atoms with E-state index in [9.17, 15) is 10.1 Å². The van der Waals surface area contributed by atoms with Crippen LogP contribution >= 0.6 is 8.53 Å². The van der Waals surface area contributed by atoms with Crippen molar-refractivity contribution in [2.45, 2.75) is 74.1 Å². The van der Waals surface area contributed by atoms with Crippen LogP contribution < -0.4 is 34.6 Å². The number of carbonyl (C=O) groups excluding carboxylic acids is 1. The maximum atomic E-state index is 13.4. The van der Waals surface area contributed by atoms with Gasteiger partial charge in [-0.1, -0.05) is 150 Å². The van der Waals surface area contributed by atoms with E-state index in [-0.39, 0.29) is 61.4 Å². The Bertz CT molecular complexity index is 3320. The molecular formula is C62H64N7O10PSi. The third-order valence-electron chi connectivity index (χ3n) is 15.5. The second kappa shape index (κ2) is 25.1. The van der Waals surface area contributed by atoms with Gasteiger partial charge >= 0.3 is 0 Å². The van der Waals surface area contributed by atoms with E-state index >= 15 is 0 Å². The van der Waals surface area contributed by atoms with Gasteiger partial charge in [0, 0.05) is 19.7 Å². The molecule has 11 rings (SSSR count). The quantitative estimate of drug-likeness (QED) is 0.0276. The summed E-state index contributed by atoms with van der Waals surface area (Å²) in [5.74, 6) is 1.40. The lowest BCUT2D eigenvalue weighted by Gasteiger charge is -2.37. The number of fused-ring (bicyclic) bond motifs is 2. The summed E-state index contributed by atoms with van der Waals surface area (Å²) in [6.07, 6.45) is 0.197. The average Bonchev–Trinajstić information content (AvgIpc) is 4.34.